The average molecular weight is 881 g/mol. The molecule has 6 aromatic heterocycles. The molecule has 0 aliphatic carbocycles. The van der Waals surface area contributed by atoms with Crippen molar-refractivity contribution < 1.29 is 23.2 Å². The average Bonchev–Trinajstić information content (AvgIpc) is 4.04. The van der Waals surface area contributed by atoms with E-state index in [9.17, 15) is 14.4 Å². The van der Waals surface area contributed by atoms with Gasteiger partial charge in [0.1, 0.15) is 11.2 Å². The van der Waals surface area contributed by atoms with Crippen LogP contribution in [-0.2, 0) is 4.79 Å². The van der Waals surface area contributed by atoms with E-state index in [4.69, 9.17) is 32.0 Å². The van der Waals surface area contributed by atoms with Gasteiger partial charge in [0.05, 0.1) is 9.75 Å². The summed E-state index contributed by atoms with van der Waals surface area (Å²) in [6.07, 6.45) is 0.750. The lowest BCUT2D eigenvalue weighted by Crippen LogP contribution is -2.11. The third-order valence-corrected chi connectivity index (χ3v) is 12.3. The zero-order chi connectivity index (χ0) is 41.1. The molecular formula is C39H35Cl2N7O5S4. The normalized spacial score (nSPS) is 10.8. The third-order valence-electron chi connectivity index (χ3n) is 8.27. The largest absolute Gasteiger partial charge is 0.451 e. The quantitative estimate of drug-likeness (QED) is 0.149. The minimum atomic E-state index is -0.350. The van der Waals surface area contributed by atoms with Crippen molar-refractivity contribution in [1.82, 2.24) is 23.6 Å². The van der Waals surface area contributed by atoms with Crippen LogP contribution >= 0.6 is 68.9 Å². The summed E-state index contributed by atoms with van der Waals surface area (Å²) in [5.74, 6) is 1.05. The third kappa shape index (κ3) is 9.60. The molecule has 0 spiro atoms. The Morgan fingerprint density at radius 1 is 0.667 bits per heavy atom. The predicted molar refractivity (Wildman–Crippen MR) is 233 cm³/mol. The van der Waals surface area contributed by atoms with Crippen molar-refractivity contribution in [3.8, 4) is 21.4 Å². The van der Waals surface area contributed by atoms with Crippen molar-refractivity contribution in [3.05, 3.63) is 102 Å². The lowest BCUT2D eigenvalue weighted by atomic mass is 10.1. The topological polar surface area (TPSA) is 156 Å². The highest BCUT2D eigenvalue weighted by Gasteiger charge is 2.22. The van der Waals surface area contributed by atoms with Crippen molar-refractivity contribution in [3.63, 3.8) is 0 Å². The first-order chi connectivity index (χ1) is 27.1. The molecule has 0 bridgehead atoms. The van der Waals surface area contributed by atoms with E-state index in [0.717, 1.165) is 72.3 Å². The van der Waals surface area contributed by atoms with Gasteiger partial charge in [0.15, 0.2) is 23.2 Å². The van der Waals surface area contributed by atoms with Crippen molar-refractivity contribution in [2.45, 2.75) is 41.5 Å². The maximum Gasteiger partial charge on any atom is 0.293 e. The second kappa shape index (κ2) is 17.7. The molecule has 8 rings (SSSR count). The summed E-state index contributed by atoms with van der Waals surface area (Å²) in [5.41, 5.74) is 4.58. The van der Waals surface area contributed by atoms with Gasteiger partial charge in [-0.2, -0.15) is 18.7 Å². The van der Waals surface area contributed by atoms with Gasteiger partial charge in [0, 0.05) is 78.9 Å². The molecule has 0 aliphatic heterocycles. The molecule has 57 heavy (non-hydrogen) atoms. The highest BCUT2D eigenvalue weighted by molar-refractivity contribution is 7.16. The number of aryl methyl sites for hydroxylation is 6. The van der Waals surface area contributed by atoms with Crippen LogP contribution in [-0.4, -0.2) is 55.9 Å². The van der Waals surface area contributed by atoms with E-state index in [-0.39, 0.29) is 23.3 Å². The standard InChI is InChI=1S/2C18H14ClN3O2S2.C3H7NO/c2*1-8-6-13-11(7-12(8)19)10(3)15(24-13)17(23)21-18-20-16(22-26-18)14-5-4-9(2)25-14;1-4(2)3-5/h2*4-7H,1-3H3,(H,20,21,22,23);3H,1-2H3. The molecule has 0 radical (unpaired) electrons. The number of hydrogen-bond acceptors (Lipinski definition) is 13. The number of halogens is 2. The highest BCUT2D eigenvalue weighted by atomic mass is 35.5. The lowest BCUT2D eigenvalue weighted by Gasteiger charge is -1.98. The number of amides is 3. The number of carbonyl (C=O) groups is 3. The van der Waals surface area contributed by atoms with E-state index < -0.39 is 0 Å². The summed E-state index contributed by atoms with van der Waals surface area (Å²) in [6, 6.07) is 15.3. The maximum absolute atomic E-state index is 12.6. The Balaban J connectivity index is 0.000000173. The van der Waals surface area contributed by atoms with Crippen molar-refractivity contribution in [1.29, 1.82) is 0 Å². The number of fused-ring (bicyclic) bond motifs is 2. The predicted octanol–water partition coefficient (Wildman–Crippen LogP) is 11.4. The second-order valence-corrected chi connectivity index (χ2v) is 17.8. The Morgan fingerprint density at radius 3 is 1.39 bits per heavy atom. The Hall–Kier alpha value is -4.97. The van der Waals surface area contributed by atoms with Crippen LogP contribution in [0.3, 0.4) is 0 Å². The number of nitrogens with one attached hydrogen (secondary N) is 2. The second-order valence-electron chi connectivity index (χ2n) is 13.0. The molecule has 0 saturated carbocycles. The molecule has 0 saturated heterocycles. The molecule has 2 aromatic carbocycles. The molecule has 294 valence electrons. The van der Waals surface area contributed by atoms with Crippen LogP contribution in [0, 0.1) is 41.5 Å². The molecule has 0 atom stereocenters. The van der Waals surface area contributed by atoms with E-state index in [1.165, 1.54) is 14.7 Å². The van der Waals surface area contributed by atoms with Crippen LogP contribution in [0.25, 0.3) is 43.3 Å². The number of hydrogen-bond donors (Lipinski definition) is 2. The SMILES string of the molecule is CN(C)C=O.Cc1ccc(-c2nsc(NC(=O)c3oc4cc(C)c(Cl)cc4c3C)n2)s1.Cc1ccc(-c2nsc(NC(=O)c3oc4cc(C)c(Cl)cc4c3C)n2)s1. The first-order valence-corrected chi connectivity index (χ1v) is 21.0. The Labute approximate surface area is 353 Å². The summed E-state index contributed by atoms with van der Waals surface area (Å²) in [5, 5.41) is 9.37. The van der Waals surface area contributed by atoms with Crippen LogP contribution < -0.4 is 10.6 Å². The van der Waals surface area contributed by atoms with Gasteiger partial charge in [-0.3, -0.25) is 25.0 Å². The number of thiophene rings is 2. The summed E-state index contributed by atoms with van der Waals surface area (Å²) in [4.78, 5) is 49.2. The number of anilines is 2. The van der Waals surface area contributed by atoms with Gasteiger partial charge in [0.2, 0.25) is 16.7 Å². The summed E-state index contributed by atoms with van der Waals surface area (Å²) in [6.45, 7) is 11.5. The van der Waals surface area contributed by atoms with Gasteiger partial charge >= 0.3 is 0 Å². The Morgan fingerprint density at radius 2 is 1.05 bits per heavy atom. The van der Waals surface area contributed by atoms with Crippen LogP contribution in [0.2, 0.25) is 10.0 Å². The number of rotatable bonds is 7. The minimum absolute atomic E-state index is 0.255. The van der Waals surface area contributed by atoms with Crippen molar-refractivity contribution in [2.24, 2.45) is 0 Å². The molecule has 2 N–H and O–H groups in total. The summed E-state index contributed by atoms with van der Waals surface area (Å²) < 4.78 is 20.1. The van der Waals surface area contributed by atoms with Crippen LogP contribution in [0.15, 0.2) is 57.4 Å². The summed E-state index contributed by atoms with van der Waals surface area (Å²) in [7, 11) is 3.38. The molecule has 3 amide bonds. The number of nitrogens with zero attached hydrogens (tertiary/aromatic N) is 5. The van der Waals surface area contributed by atoms with E-state index in [1.54, 1.807) is 36.8 Å². The van der Waals surface area contributed by atoms with Crippen LogP contribution in [0.4, 0.5) is 10.3 Å². The minimum Gasteiger partial charge on any atom is -0.451 e. The Kier molecular flexibility index (Phi) is 12.9. The smallest absolute Gasteiger partial charge is 0.293 e. The van der Waals surface area contributed by atoms with Gasteiger partial charge in [-0.1, -0.05) is 23.2 Å². The van der Waals surface area contributed by atoms with Gasteiger partial charge in [-0.05, 0) is 101 Å². The van der Waals surface area contributed by atoms with Crippen molar-refractivity contribution in [2.75, 3.05) is 24.7 Å². The first kappa shape index (κ1) is 41.7. The lowest BCUT2D eigenvalue weighted by molar-refractivity contribution is -0.115. The number of carbonyl (C=O) groups excluding carboxylic acids is 3. The number of furan rings is 2. The van der Waals surface area contributed by atoms with Crippen molar-refractivity contribution >= 4 is 119 Å². The molecule has 0 fully saturated rings. The zero-order valence-electron chi connectivity index (χ0n) is 31.9. The zero-order valence-corrected chi connectivity index (χ0v) is 36.6. The molecule has 12 nitrogen and oxygen atoms in total. The van der Waals surface area contributed by atoms with Gasteiger partial charge in [-0.15, -0.1) is 22.7 Å². The fourth-order valence-corrected chi connectivity index (χ4v) is 8.48. The maximum atomic E-state index is 12.6. The van der Waals surface area contributed by atoms with E-state index in [2.05, 4.69) is 29.3 Å². The monoisotopic (exact) mass is 879 g/mol. The molecule has 0 unspecified atom stereocenters. The molecule has 18 heteroatoms. The number of aromatic nitrogens is 4. The van der Waals surface area contributed by atoms with Gasteiger partial charge in [0.25, 0.3) is 11.8 Å². The molecular weight excluding hydrogens is 846 g/mol. The fraction of sp³-hybridized carbons (Fsp3) is 0.205. The van der Waals surface area contributed by atoms with Gasteiger partial charge in [-0.25, -0.2) is 0 Å². The van der Waals surface area contributed by atoms with Gasteiger partial charge < -0.3 is 13.7 Å². The molecule has 6 heterocycles. The number of benzene rings is 2. The highest BCUT2D eigenvalue weighted by Crippen LogP contribution is 2.34. The van der Waals surface area contributed by atoms with Crippen LogP contribution in [0.5, 0.6) is 0 Å². The van der Waals surface area contributed by atoms with E-state index in [0.29, 0.717) is 43.1 Å². The van der Waals surface area contributed by atoms with E-state index in [1.807, 2.05) is 90.1 Å². The molecule has 0 aliphatic rings. The summed E-state index contributed by atoms with van der Waals surface area (Å²) >= 11 is 17.9. The Bertz CT molecular complexity index is 2580. The molecule has 8 aromatic rings. The first-order valence-electron chi connectivity index (χ1n) is 17.1. The fourth-order valence-electron chi connectivity index (χ4n) is 5.28. The van der Waals surface area contributed by atoms with Crippen LogP contribution in [0.1, 0.15) is 53.1 Å². The van der Waals surface area contributed by atoms with E-state index >= 15 is 0 Å².